The van der Waals surface area contributed by atoms with Crippen LogP contribution in [0.5, 0.6) is 0 Å². The van der Waals surface area contributed by atoms with E-state index < -0.39 is 65.3 Å². The molecular weight excluding hydrogens is 871 g/mol. The van der Waals surface area contributed by atoms with Gasteiger partial charge in [-0.2, -0.15) is 0 Å². The van der Waals surface area contributed by atoms with Gasteiger partial charge in [-0.25, -0.2) is 0 Å². The SMILES string of the molecule is [2H]c1c(C)c([2H])n(-c2ccccc2)c(=O)c1[2H].[2H]c1c(C)ccc(=O)n1-c1ccccc1.[2H]c1c([2H])c([2H])c(-n2c([2H])c(C)c([2H])c([2H])c2=O)c([2H])c1[2H].[2H]c1cc(=O)n(-c2ccccc2)cc1C.[2H]c1cc(C)cn(-c2ccccc2)c1=O. The molecule has 5 heterocycles. The van der Waals surface area contributed by atoms with Crippen molar-refractivity contribution in [3.05, 3.63) is 323 Å². The van der Waals surface area contributed by atoms with E-state index in [1.807, 2.05) is 118 Å². The van der Waals surface area contributed by atoms with Crippen molar-refractivity contribution in [3.63, 3.8) is 0 Å². The van der Waals surface area contributed by atoms with Crippen molar-refractivity contribution >= 4 is 0 Å². The lowest BCUT2D eigenvalue weighted by atomic mass is 10.3. The van der Waals surface area contributed by atoms with Gasteiger partial charge in [-0.1, -0.05) is 121 Å². The summed E-state index contributed by atoms with van der Waals surface area (Å²) in [6.07, 6.45) is 3.16. The fraction of sp³-hybridized carbons (Fsp3) is 0.0833. The van der Waals surface area contributed by atoms with Crippen LogP contribution in [-0.2, 0) is 0 Å². The zero-order chi connectivity index (χ0) is 62.0. The summed E-state index contributed by atoms with van der Waals surface area (Å²) in [5, 5.41) is 0. The second-order valence-corrected chi connectivity index (χ2v) is 15.0. The number of rotatable bonds is 5. The maximum Gasteiger partial charge on any atom is 0.255 e. The lowest BCUT2D eigenvalue weighted by Crippen LogP contribution is -2.16. The molecule has 0 aliphatic heterocycles. The van der Waals surface area contributed by atoms with Crippen LogP contribution in [-0.4, -0.2) is 22.8 Å². The van der Waals surface area contributed by atoms with Crippen molar-refractivity contribution in [1.82, 2.24) is 22.8 Å². The zero-order valence-electron chi connectivity index (χ0n) is 52.8. The van der Waals surface area contributed by atoms with Gasteiger partial charge in [0.05, 0.1) is 19.2 Å². The van der Waals surface area contributed by atoms with Crippen molar-refractivity contribution in [3.8, 4) is 28.4 Å². The Morgan fingerprint density at radius 3 is 1.13 bits per heavy atom. The summed E-state index contributed by atoms with van der Waals surface area (Å²) >= 11 is 0. The Labute approximate surface area is 426 Å². The Balaban J connectivity index is 0.000000170. The molecule has 0 fully saturated rings. The normalized spacial score (nSPS) is 12.9. The fourth-order valence-corrected chi connectivity index (χ4v) is 6.13. The number of benzene rings is 5. The average molecular weight is 940 g/mol. The summed E-state index contributed by atoms with van der Waals surface area (Å²) < 4.78 is 114. The Kier molecular flexibility index (Phi) is 12.3. The number of para-hydroxylation sites is 5. The van der Waals surface area contributed by atoms with E-state index in [4.69, 9.17) is 19.2 Å². The van der Waals surface area contributed by atoms with Crippen LogP contribution in [0.1, 0.15) is 47.0 Å². The number of aromatic nitrogens is 5. The van der Waals surface area contributed by atoms with E-state index >= 15 is 0 Å². The molecule has 5 aromatic carbocycles. The number of pyridine rings is 5. The molecule has 0 saturated heterocycles. The molecule has 0 radical (unpaired) electrons. The van der Waals surface area contributed by atoms with Crippen LogP contribution in [0.3, 0.4) is 0 Å². The summed E-state index contributed by atoms with van der Waals surface area (Å²) in [6, 6.07) is 38.2. The molecule has 0 amide bonds. The highest BCUT2D eigenvalue weighted by Crippen LogP contribution is 2.09. The predicted molar refractivity (Wildman–Crippen MR) is 284 cm³/mol. The van der Waals surface area contributed by atoms with Crippen LogP contribution < -0.4 is 27.8 Å². The van der Waals surface area contributed by atoms with E-state index in [2.05, 4.69) is 0 Å². The number of hydrogen-bond donors (Lipinski definition) is 0. The van der Waals surface area contributed by atoms with Crippen molar-refractivity contribution in [1.29, 1.82) is 0 Å². The first-order valence-electron chi connectivity index (χ1n) is 28.5. The maximum absolute atomic E-state index is 12.2. The van der Waals surface area contributed by atoms with Gasteiger partial charge in [0.1, 0.15) is 0 Å². The van der Waals surface area contributed by atoms with Gasteiger partial charge in [0.2, 0.25) is 0 Å². The summed E-state index contributed by atoms with van der Waals surface area (Å²) in [4.78, 5) is 59.0. The van der Waals surface area contributed by atoms with Crippen molar-refractivity contribution in [2.75, 3.05) is 0 Å². The van der Waals surface area contributed by atoms with Gasteiger partial charge in [0.15, 0.2) is 0 Å². The zero-order valence-corrected chi connectivity index (χ0v) is 38.8. The molecule has 0 aliphatic rings. The van der Waals surface area contributed by atoms with Crippen LogP contribution >= 0.6 is 0 Å². The van der Waals surface area contributed by atoms with Gasteiger partial charge in [0.25, 0.3) is 27.8 Å². The Bertz CT molecular complexity index is 4340. The van der Waals surface area contributed by atoms with E-state index in [1.54, 1.807) is 60.3 Å². The Morgan fingerprint density at radius 1 is 0.271 bits per heavy atom. The second kappa shape index (κ2) is 25.1. The van der Waals surface area contributed by atoms with E-state index in [0.29, 0.717) is 15.8 Å². The minimum Gasteiger partial charge on any atom is -0.284 e. The molecule has 5 aromatic heterocycles. The largest absolute Gasteiger partial charge is 0.284 e. The molecule has 10 nitrogen and oxygen atoms in total. The molecule has 0 atom stereocenters. The maximum atomic E-state index is 12.2. The highest BCUT2D eigenvalue weighted by Gasteiger charge is 2.02. The van der Waals surface area contributed by atoms with Gasteiger partial charge in [-0.05, 0) is 123 Å². The number of hydrogen-bond acceptors (Lipinski definition) is 5. The molecule has 10 heteroatoms. The van der Waals surface area contributed by atoms with Crippen molar-refractivity contribution in [2.45, 2.75) is 34.6 Å². The third kappa shape index (κ3) is 14.7. The monoisotopic (exact) mass is 940 g/mol. The lowest BCUT2D eigenvalue weighted by Gasteiger charge is -2.05. The Morgan fingerprint density at radius 2 is 0.643 bits per heavy atom. The fourth-order valence-electron chi connectivity index (χ4n) is 6.13. The first-order valence-corrected chi connectivity index (χ1v) is 21.5. The molecule has 10 aromatic rings. The van der Waals surface area contributed by atoms with Crippen LogP contribution in [0.15, 0.2) is 267 Å². The van der Waals surface area contributed by atoms with Crippen LogP contribution in [0.2, 0.25) is 0 Å². The second-order valence-electron chi connectivity index (χ2n) is 15.0. The average Bonchev–Trinajstić information content (AvgIpc) is 2.33. The molecule has 70 heavy (non-hydrogen) atoms. The summed E-state index contributed by atoms with van der Waals surface area (Å²) in [7, 11) is 0. The molecule has 0 bridgehead atoms. The topological polar surface area (TPSA) is 110 Å². The molecule has 0 aliphatic carbocycles. The van der Waals surface area contributed by atoms with Gasteiger partial charge in [0, 0.05) is 89.6 Å². The van der Waals surface area contributed by atoms with Gasteiger partial charge < -0.3 is 0 Å². The highest BCUT2D eigenvalue weighted by molar-refractivity contribution is 5.36. The number of nitrogens with zero attached hydrogens (tertiary/aromatic N) is 5. The summed E-state index contributed by atoms with van der Waals surface area (Å²) in [5.41, 5.74) is 2.91. The van der Waals surface area contributed by atoms with E-state index in [-0.39, 0.29) is 58.8 Å². The quantitative estimate of drug-likeness (QED) is 0.171. The predicted octanol–water partition coefficient (Wildman–Crippen LogP) is 10.7. The van der Waals surface area contributed by atoms with Crippen molar-refractivity contribution in [2.24, 2.45) is 0 Å². The number of aryl methyl sites for hydroxylation is 3. The standard InChI is InChI=1S/5C12H11NO/c5*1-10-7-8-12(14)13(9-10)11-5-3-2-4-6-11/h5*2-9H,1H3/i2D,3D,4D,5D,6D,7D,8D,9D;7D,8D,9D;9D;8D;7D. The van der Waals surface area contributed by atoms with E-state index in [0.717, 1.165) is 38.3 Å². The third-order valence-electron chi connectivity index (χ3n) is 9.43. The molecular formula is C60H55N5O5. The smallest absolute Gasteiger partial charge is 0.255 e. The highest BCUT2D eigenvalue weighted by atomic mass is 16.1. The van der Waals surface area contributed by atoms with Crippen LogP contribution in [0.25, 0.3) is 28.4 Å². The molecule has 10 rings (SSSR count). The van der Waals surface area contributed by atoms with Crippen LogP contribution in [0.4, 0.5) is 0 Å². The minimum atomic E-state index is -1.07. The Hall–Kier alpha value is -9.15. The molecule has 0 spiro atoms. The molecule has 0 saturated carbocycles. The third-order valence-corrected chi connectivity index (χ3v) is 9.43. The van der Waals surface area contributed by atoms with E-state index in [9.17, 15) is 24.0 Å². The first kappa shape index (κ1) is 34.2. The minimum absolute atomic E-state index is 0.0106. The molecule has 0 N–H and O–H groups in total. The molecule has 350 valence electrons. The van der Waals surface area contributed by atoms with Gasteiger partial charge in [-0.15, -0.1) is 0 Å². The summed E-state index contributed by atoms with van der Waals surface area (Å²) in [6.45, 7) is 8.44. The van der Waals surface area contributed by atoms with Crippen molar-refractivity contribution < 1.29 is 19.2 Å². The van der Waals surface area contributed by atoms with Gasteiger partial charge in [-0.3, -0.25) is 46.8 Å². The van der Waals surface area contributed by atoms with Gasteiger partial charge >= 0.3 is 0 Å². The molecule has 0 unspecified atom stereocenters. The summed E-state index contributed by atoms with van der Waals surface area (Å²) in [5.74, 6) is 0. The first-order chi connectivity index (χ1) is 39.7. The van der Waals surface area contributed by atoms with E-state index in [1.165, 1.54) is 28.2 Å². The van der Waals surface area contributed by atoms with Crippen LogP contribution in [0, 0.1) is 34.6 Å². The lowest BCUT2D eigenvalue weighted by molar-refractivity contribution is 0.976.